The molecule has 6 heteroatoms. The minimum Gasteiger partial charge on any atom is -0.347 e. The second-order valence-corrected chi connectivity index (χ2v) is 3.93. The van der Waals surface area contributed by atoms with Crippen molar-refractivity contribution < 1.29 is 4.79 Å². The first-order valence-corrected chi connectivity index (χ1v) is 5.35. The number of rotatable bonds is 3. The molecule has 0 aliphatic rings. The minimum atomic E-state index is -0.109. The molecule has 2 heterocycles. The third-order valence-corrected chi connectivity index (χ3v) is 2.73. The number of amides is 1. The van der Waals surface area contributed by atoms with Crippen molar-refractivity contribution in [3.8, 4) is 0 Å². The molecule has 1 amide bonds. The molecular formula is C11H15N5O. The van der Waals surface area contributed by atoms with Crippen LogP contribution in [0.25, 0.3) is 0 Å². The van der Waals surface area contributed by atoms with Gasteiger partial charge in [-0.05, 0) is 13.8 Å². The van der Waals surface area contributed by atoms with E-state index in [0.717, 1.165) is 17.1 Å². The summed E-state index contributed by atoms with van der Waals surface area (Å²) >= 11 is 0. The Kier molecular flexibility index (Phi) is 2.95. The van der Waals surface area contributed by atoms with Crippen LogP contribution in [-0.4, -0.2) is 25.7 Å². The molecule has 0 fully saturated rings. The van der Waals surface area contributed by atoms with Crippen molar-refractivity contribution in [1.82, 2.24) is 25.1 Å². The quantitative estimate of drug-likeness (QED) is 0.819. The molecule has 0 aliphatic heterocycles. The second kappa shape index (κ2) is 4.40. The largest absolute Gasteiger partial charge is 0.347 e. The number of carbonyl (C=O) groups excluding carboxylic acids is 1. The summed E-state index contributed by atoms with van der Waals surface area (Å²) in [5.74, 6) is -0.109. The number of nitrogens with zero attached hydrogens (tertiary/aromatic N) is 3. The highest BCUT2D eigenvalue weighted by molar-refractivity contribution is 5.96. The van der Waals surface area contributed by atoms with Gasteiger partial charge in [0.1, 0.15) is 0 Å². The van der Waals surface area contributed by atoms with Crippen molar-refractivity contribution in [1.29, 1.82) is 0 Å². The van der Waals surface area contributed by atoms with Gasteiger partial charge >= 0.3 is 0 Å². The summed E-state index contributed by atoms with van der Waals surface area (Å²) < 4.78 is 1.71. The van der Waals surface area contributed by atoms with Crippen LogP contribution < -0.4 is 5.32 Å². The van der Waals surface area contributed by atoms with Crippen LogP contribution in [0, 0.1) is 13.8 Å². The van der Waals surface area contributed by atoms with Crippen LogP contribution in [0.15, 0.2) is 12.5 Å². The van der Waals surface area contributed by atoms with E-state index < -0.39 is 0 Å². The highest BCUT2D eigenvalue weighted by Crippen LogP contribution is 2.11. The van der Waals surface area contributed by atoms with E-state index in [9.17, 15) is 4.79 Å². The lowest BCUT2D eigenvalue weighted by Crippen LogP contribution is -2.24. The van der Waals surface area contributed by atoms with Gasteiger partial charge in [0.2, 0.25) is 0 Å². The SMILES string of the molecule is Cc1nn(C)c(C)c1C(=O)NCc1cnc[nH]1. The summed E-state index contributed by atoms with van der Waals surface area (Å²) in [4.78, 5) is 18.8. The molecule has 0 saturated carbocycles. The van der Waals surface area contributed by atoms with Crippen LogP contribution in [0.1, 0.15) is 27.4 Å². The van der Waals surface area contributed by atoms with Gasteiger partial charge in [0, 0.05) is 18.9 Å². The first-order valence-electron chi connectivity index (χ1n) is 5.35. The summed E-state index contributed by atoms with van der Waals surface area (Å²) in [5.41, 5.74) is 3.13. The summed E-state index contributed by atoms with van der Waals surface area (Å²) in [6, 6.07) is 0. The molecule has 0 aromatic carbocycles. The maximum absolute atomic E-state index is 12.0. The second-order valence-electron chi connectivity index (χ2n) is 3.93. The van der Waals surface area contributed by atoms with Crippen molar-refractivity contribution in [3.05, 3.63) is 35.2 Å². The molecule has 0 atom stereocenters. The Morgan fingerprint density at radius 1 is 1.53 bits per heavy atom. The van der Waals surface area contributed by atoms with Crippen molar-refractivity contribution in [2.75, 3.05) is 0 Å². The van der Waals surface area contributed by atoms with E-state index in [1.54, 1.807) is 17.2 Å². The van der Waals surface area contributed by atoms with Crippen LogP contribution in [-0.2, 0) is 13.6 Å². The molecule has 0 radical (unpaired) electrons. The molecule has 0 aliphatic carbocycles. The topological polar surface area (TPSA) is 75.6 Å². The summed E-state index contributed by atoms with van der Waals surface area (Å²) in [6.45, 7) is 4.15. The third kappa shape index (κ3) is 2.20. The van der Waals surface area contributed by atoms with Gasteiger partial charge in [-0.15, -0.1) is 0 Å². The number of H-pyrrole nitrogens is 1. The molecule has 90 valence electrons. The number of imidazole rings is 1. The van der Waals surface area contributed by atoms with E-state index >= 15 is 0 Å². The molecule has 0 saturated heterocycles. The Balaban J connectivity index is 2.10. The number of carbonyl (C=O) groups is 1. The summed E-state index contributed by atoms with van der Waals surface area (Å²) in [5, 5.41) is 7.05. The molecule has 6 nitrogen and oxygen atoms in total. The van der Waals surface area contributed by atoms with Gasteiger partial charge in [-0.2, -0.15) is 5.10 Å². The lowest BCUT2D eigenvalue weighted by molar-refractivity contribution is 0.0949. The summed E-state index contributed by atoms with van der Waals surface area (Å²) in [7, 11) is 1.83. The first kappa shape index (κ1) is 11.4. The maximum Gasteiger partial charge on any atom is 0.255 e. The van der Waals surface area contributed by atoms with Crippen LogP contribution in [0.5, 0.6) is 0 Å². The van der Waals surface area contributed by atoms with Gasteiger partial charge in [-0.25, -0.2) is 4.98 Å². The normalized spacial score (nSPS) is 10.5. The van der Waals surface area contributed by atoms with Crippen molar-refractivity contribution in [3.63, 3.8) is 0 Å². The predicted octanol–water partition coefficient (Wildman–Crippen LogP) is 0.690. The Morgan fingerprint density at radius 3 is 2.82 bits per heavy atom. The molecule has 2 rings (SSSR count). The molecule has 0 bridgehead atoms. The highest BCUT2D eigenvalue weighted by atomic mass is 16.1. The molecule has 0 unspecified atom stereocenters. The minimum absolute atomic E-state index is 0.109. The van der Waals surface area contributed by atoms with Gasteiger partial charge in [-0.1, -0.05) is 0 Å². The standard InChI is InChI=1S/C11H15N5O/c1-7-10(8(2)16(3)15-7)11(17)13-5-9-4-12-6-14-9/h4,6H,5H2,1-3H3,(H,12,14)(H,13,17). The average molecular weight is 233 g/mol. The number of aromatic nitrogens is 4. The number of aromatic amines is 1. The Labute approximate surface area is 99.1 Å². The maximum atomic E-state index is 12.0. The lowest BCUT2D eigenvalue weighted by Gasteiger charge is -2.03. The number of hydrogen-bond acceptors (Lipinski definition) is 3. The number of nitrogens with one attached hydrogen (secondary N) is 2. The Morgan fingerprint density at radius 2 is 2.29 bits per heavy atom. The van der Waals surface area contributed by atoms with Crippen molar-refractivity contribution in [2.24, 2.45) is 7.05 Å². The van der Waals surface area contributed by atoms with Crippen molar-refractivity contribution in [2.45, 2.75) is 20.4 Å². The van der Waals surface area contributed by atoms with Gasteiger partial charge in [0.15, 0.2) is 0 Å². The molecular weight excluding hydrogens is 218 g/mol. The zero-order valence-corrected chi connectivity index (χ0v) is 10.1. The van der Waals surface area contributed by atoms with Crippen LogP contribution in [0.4, 0.5) is 0 Å². The molecule has 2 N–H and O–H groups in total. The fraction of sp³-hybridized carbons (Fsp3) is 0.364. The van der Waals surface area contributed by atoms with E-state index in [0.29, 0.717) is 12.1 Å². The van der Waals surface area contributed by atoms with E-state index in [-0.39, 0.29) is 5.91 Å². The first-order chi connectivity index (χ1) is 8.09. The Hall–Kier alpha value is -2.11. The smallest absolute Gasteiger partial charge is 0.255 e. The van der Waals surface area contributed by atoms with Gasteiger partial charge in [-0.3, -0.25) is 9.48 Å². The lowest BCUT2D eigenvalue weighted by atomic mass is 10.2. The molecule has 2 aromatic rings. The van der Waals surface area contributed by atoms with E-state index in [1.807, 2.05) is 20.9 Å². The number of aryl methyl sites for hydroxylation is 2. The highest BCUT2D eigenvalue weighted by Gasteiger charge is 2.16. The zero-order valence-electron chi connectivity index (χ0n) is 10.1. The van der Waals surface area contributed by atoms with Gasteiger partial charge in [0.25, 0.3) is 5.91 Å². The van der Waals surface area contributed by atoms with Crippen LogP contribution in [0.2, 0.25) is 0 Å². The summed E-state index contributed by atoms with van der Waals surface area (Å²) in [6.07, 6.45) is 3.27. The molecule has 2 aromatic heterocycles. The monoisotopic (exact) mass is 233 g/mol. The Bertz CT molecular complexity index is 526. The van der Waals surface area contributed by atoms with Crippen LogP contribution in [0.3, 0.4) is 0 Å². The molecule has 0 spiro atoms. The third-order valence-electron chi connectivity index (χ3n) is 2.73. The fourth-order valence-corrected chi connectivity index (χ4v) is 1.75. The van der Waals surface area contributed by atoms with E-state index in [2.05, 4.69) is 20.4 Å². The predicted molar refractivity (Wildman–Crippen MR) is 62.4 cm³/mol. The van der Waals surface area contributed by atoms with E-state index in [4.69, 9.17) is 0 Å². The van der Waals surface area contributed by atoms with Gasteiger partial charge in [0.05, 0.1) is 29.8 Å². The molecule has 17 heavy (non-hydrogen) atoms. The van der Waals surface area contributed by atoms with E-state index in [1.165, 1.54) is 0 Å². The fourth-order valence-electron chi connectivity index (χ4n) is 1.75. The van der Waals surface area contributed by atoms with Crippen molar-refractivity contribution >= 4 is 5.91 Å². The zero-order chi connectivity index (χ0) is 12.4. The van der Waals surface area contributed by atoms with Crippen LogP contribution >= 0.6 is 0 Å². The van der Waals surface area contributed by atoms with Gasteiger partial charge < -0.3 is 10.3 Å². The average Bonchev–Trinajstić information content (AvgIpc) is 2.86. The number of hydrogen-bond donors (Lipinski definition) is 2.